The number of pyridine rings is 1. The van der Waals surface area contributed by atoms with Crippen molar-refractivity contribution in [1.82, 2.24) is 19.9 Å². The van der Waals surface area contributed by atoms with Crippen molar-refractivity contribution in [1.29, 1.82) is 0 Å². The number of piperidine rings is 1. The normalized spacial score (nSPS) is 22.5. The van der Waals surface area contributed by atoms with Crippen molar-refractivity contribution in [2.45, 2.75) is 31.7 Å². The number of nitrogens with one attached hydrogen (secondary N) is 1. The van der Waals surface area contributed by atoms with Gasteiger partial charge < -0.3 is 10.2 Å². The first-order chi connectivity index (χ1) is 10.3. The van der Waals surface area contributed by atoms with E-state index >= 15 is 0 Å². The Morgan fingerprint density at radius 3 is 3.00 bits per heavy atom. The third-order valence-electron chi connectivity index (χ3n) is 4.29. The van der Waals surface area contributed by atoms with Crippen LogP contribution in [0.1, 0.15) is 25.7 Å². The lowest BCUT2D eigenvalue weighted by Gasteiger charge is -2.32. The number of hydrogen-bond acceptors (Lipinski definition) is 4. The summed E-state index contributed by atoms with van der Waals surface area (Å²) in [5.74, 6) is 1.11. The Morgan fingerprint density at radius 2 is 2.14 bits per heavy atom. The summed E-state index contributed by atoms with van der Waals surface area (Å²) in [4.78, 5) is 14.4. The molecule has 6 nitrogen and oxygen atoms in total. The van der Waals surface area contributed by atoms with E-state index in [1.807, 2.05) is 28.8 Å². The van der Waals surface area contributed by atoms with Gasteiger partial charge in [0.2, 0.25) is 11.9 Å². The molecule has 2 aliphatic rings. The molecule has 0 spiro atoms. The highest BCUT2D eigenvalue weighted by Crippen LogP contribution is 2.24. The van der Waals surface area contributed by atoms with Crippen LogP contribution >= 0.6 is 0 Å². The maximum Gasteiger partial charge on any atom is 0.231 e. The Morgan fingerprint density at radius 1 is 1.24 bits per heavy atom. The van der Waals surface area contributed by atoms with Crippen LogP contribution in [0.5, 0.6) is 0 Å². The van der Waals surface area contributed by atoms with Crippen LogP contribution in [-0.2, 0) is 4.79 Å². The molecule has 1 saturated heterocycles. The van der Waals surface area contributed by atoms with Gasteiger partial charge >= 0.3 is 0 Å². The maximum atomic E-state index is 12.2. The first-order valence-corrected chi connectivity index (χ1v) is 7.66. The van der Waals surface area contributed by atoms with E-state index in [2.05, 4.69) is 20.4 Å². The fraction of sp³-hybridized carbons (Fsp3) is 0.533. The van der Waals surface area contributed by atoms with Gasteiger partial charge in [-0.15, -0.1) is 10.2 Å². The van der Waals surface area contributed by atoms with E-state index in [0.29, 0.717) is 6.04 Å². The number of nitrogens with zero attached hydrogens (tertiary/aromatic N) is 4. The topological polar surface area (TPSA) is 62.5 Å². The van der Waals surface area contributed by atoms with E-state index in [1.54, 1.807) is 0 Å². The van der Waals surface area contributed by atoms with Crippen molar-refractivity contribution in [3.05, 3.63) is 24.4 Å². The second-order valence-electron chi connectivity index (χ2n) is 6.00. The zero-order valence-corrected chi connectivity index (χ0v) is 11.9. The summed E-state index contributed by atoms with van der Waals surface area (Å²) >= 11 is 0. The van der Waals surface area contributed by atoms with Gasteiger partial charge in [-0.05, 0) is 37.8 Å². The maximum absolute atomic E-state index is 12.2. The van der Waals surface area contributed by atoms with E-state index in [0.717, 1.165) is 50.4 Å². The van der Waals surface area contributed by atoms with Gasteiger partial charge in [0.15, 0.2) is 5.65 Å². The Hall–Kier alpha value is -2.11. The predicted octanol–water partition coefficient (Wildman–Crippen LogP) is 1.22. The first-order valence-electron chi connectivity index (χ1n) is 7.66. The van der Waals surface area contributed by atoms with Gasteiger partial charge in [0.25, 0.3) is 0 Å². The summed E-state index contributed by atoms with van der Waals surface area (Å²) in [5.41, 5.74) is 0.844. The van der Waals surface area contributed by atoms with Crippen LogP contribution < -0.4 is 10.2 Å². The molecule has 4 rings (SSSR count). The first kappa shape index (κ1) is 12.6. The number of rotatable bonds is 3. The van der Waals surface area contributed by atoms with Gasteiger partial charge in [-0.3, -0.25) is 9.20 Å². The third kappa shape index (κ3) is 2.46. The summed E-state index contributed by atoms with van der Waals surface area (Å²) < 4.78 is 1.99. The van der Waals surface area contributed by atoms with Gasteiger partial charge in [0, 0.05) is 25.3 Å². The smallest absolute Gasteiger partial charge is 0.231 e. The summed E-state index contributed by atoms with van der Waals surface area (Å²) in [6.45, 7) is 1.66. The minimum absolute atomic E-state index is 0.0652. The minimum Gasteiger partial charge on any atom is -0.353 e. The fourth-order valence-corrected chi connectivity index (χ4v) is 2.96. The lowest BCUT2D eigenvalue weighted by molar-refractivity contribution is -0.125. The molecule has 21 heavy (non-hydrogen) atoms. The van der Waals surface area contributed by atoms with Gasteiger partial charge in [-0.2, -0.15) is 0 Å². The summed E-state index contributed by atoms with van der Waals surface area (Å²) in [5, 5.41) is 11.6. The molecule has 1 N–H and O–H groups in total. The van der Waals surface area contributed by atoms with Crippen molar-refractivity contribution in [2.75, 3.05) is 18.0 Å². The second kappa shape index (κ2) is 5.02. The molecule has 2 aromatic rings. The van der Waals surface area contributed by atoms with Crippen molar-refractivity contribution < 1.29 is 4.79 Å². The minimum atomic E-state index is 0.0652. The van der Waals surface area contributed by atoms with Crippen molar-refractivity contribution in [2.24, 2.45) is 5.92 Å². The molecule has 1 aliphatic carbocycles. The van der Waals surface area contributed by atoms with Crippen LogP contribution in [0.15, 0.2) is 24.4 Å². The molecule has 0 unspecified atom stereocenters. The average molecular weight is 285 g/mol. The Labute approximate surface area is 123 Å². The molecule has 3 heterocycles. The predicted molar refractivity (Wildman–Crippen MR) is 79.1 cm³/mol. The fourth-order valence-electron chi connectivity index (χ4n) is 2.96. The van der Waals surface area contributed by atoms with Crippen molar-refractivity contribution >= 4 is 17.5 Å². The molecule has 2 fully saturated rings. The van der Waals surface area contributed by atoms with E-state index in [-0.39, 0.29) is 11.8 Å². The molecule has 1 aliphatic heterocycles. The van der Waals surface area contributed by atoms with Crippen LogP contribution in [0.4, 0.5) is 5.95 Å². The van der Waals surface area contributed by atoms with Gasteiger partial charge in [0.05, 0.1) is 5.92 Å². The van der Waals surface area contributed by atoms with E-state index in [9.17, 15) is 4.79 Å². The number of hydrogen-bond donors (Lipinski definition) is 1. The molecular formula is C15H19N5O. The molecule has 1 atom stereocenters. The number of fused-ring (bicyclic) bond motifs is 1. The van der Waals surface area contributed by atoms with Crippen LogP contribution in [0.2, 0.25) is 0 Å². The quantitative estimate of drug-likeness (QED) is 0.921. The lowest BCUT2D eigenvalue weighted by Crippen LogP contribution is -2.44. The van der Waals surface area contributed by atoms with Crippen LogP contribution in [0, 0.1) is 5.92 Å². The highest BCUT2D eigenvalue weighted by atomic mass is 16.2. The molecule has 1 amide bonds. The SMILES string of the molecule is O=C(NC1CC1)[C@@H]1CCCN(c2nnc3ccccn23)C1. The number of aromatic nitrogens is 3. The summed E-state index contributed by atoms with van der Waals surface area (Å²) in [7, 11) is 0. The van der Waals surface area contributed by atoms with Crippen LogP contribution in [0.3, 0.4) is 0 Å². The molecule has 110 valence electrons. The standard InChI is InChI=1S/C15H19N5O/c21-14(16-12-6-7-12)11-4-3-8-19(10-11)15-18-17-13-5-1-2-9-20(13)15/h1-2,5,9,11-12H,3-4,6-8,10H2,(H,16,21)/t11-/m1/s1. The van der Waals surface area contributed by atoms with E-state index < -0.39 is 0 Å². The average Bonchev–Trinajstić information content (AvgIpc) is 3.23. The zero-order chi connectivity index (χ0) is 14.2. The molecule has 0 radical (unpaired) electrons. The van der Waals surface area contributed by atoms with Gasteiger partial charge in [-0.25, -0.2) is 0 Å². The molecular weight excluding hydrogens is 266 g/mol. The molecule has 1 saturated carbocycles. The zero-order valence-electron chi connectivity index (χ0n) is 11.9. The Kier molecular flexibility index (Phi) is 3.02. The van der Waals surface area contributed by atoms with Crippen LogP contribution in [-0.4, -0.2) is 39.6 Å². The number of anilines is 1. The Bertz CT molecular complexity index is 663. The van der Waals surface area contributed by atoms with Gasteiger partial charge in [0.1, 0.15) is 0 Å². The lowest BCUT2D eigenvalue weighted by atomic mass is 9.97. The largest absolute Gasteiger partial charge is 0.353 e. The molecule has 2 aromatic heterocycles. The molecule has 0 bridgehead atoms. The number of carbonyl (C=O) groups is 1. The number of amides is 1. The van der Waals surface area contributed by atoms with E-state index in [4.69, 9.17) is 0 Å². The van der Waals surface area contributed by atoms with Gasteiger partial charge in [-0.1, -0.05) is 6.07 Å². The summed E-state index contributed by atoms with van der Waals surface area (Å²) in [6.07, 6.45) is 6.23. The van der Waals surface area contributed by atoms with E-state index in [1.165, 1.54) is 0 Å². The highest BCUT2D eigenvalue weighted by Gasteiger charge is 2.31. The highest BCUT2D eigenvalue weighted by molar-refractivity contribution is 5.80. The van der Waals surface area contributed by atoms with Crippen molar-refractivity contribution in [3.63, 3.8) is 0 Å². The second-order valence-corrected chi connectivity index (χ2v) is 6.00. The third-order valence-corrected chi connectivity index (χ3v) is 4.29. The Balaban J connectivity index is 1.53. The number of carbonyl (C=O) groups excluding carboxylic acids is 1. The summed E-state index contributed by atoms with van der Waals surface area (Å²) in [6, 6.07) is 6.30. The molecule has 6 heteroatoms. The van der Waals surface area contributed by atoms with Crippen molar-refractivity contribution in [3.8, 4) is 0 Å². The monoisotopic (exact) mass is 285 g/mol. The molecule has 0 aromatic carbocycles. The van der Waals surface area contributed by atoms with Crippen LogP contribution in [0.25, 0.3) is 5.65 Å².